The highest BCUT2D eigenvalue weighted by molar-refractivity contribution is 5.88. The minimum atomic E-state index is -1.08. The molecule has 4 atom stereocenters. The Balaban J connectivity index is 1.54. The van der Waals surface area contributed by atoms with Crippen LogP contribution in [0.2, 0.25) is 0 Å². The van der Waals surface area contributed by atoms with Gasteiger partial charge in [0.05, 0.1) is 12.1 Å². The van der Waals surface area contributed by atoms with Gasteiger partial charge in [-0.3, -0.25) is 9.59 Å². The summed E-state index contributed by atoms with van der Waals surface area (Å²) in [5.41, 5.74) is 5.62. The maximum atomic E-state index is 14.2. The third-order valence-corrected chi connectivity index (χ3v) is 10.3. The van der Waals surface area contributed by atoms with E-state index >= 15 is 0 Å². The molecule has 0 heterocycles. The molecule has 0 aromatic heterocycles. The molecule has 316 valence electrons. The third kappa shape index (κ3) is 13.0. The topological polar surface area (TPSA) is 159 Å². The molecular weight excluding hydrogens is 761 g/mol. The van der Waals surface area contributed by atoms with Crippen LogP contribution in [0.4, 0.5) is 0 Å². The Morgan fingerprint density at radius 3 is 1.55 bits per heavy atom. The van der Waals surface area contributed by atoms with E-state index in [-0.39, 0.29) is 38.4 Å². The number of aliphatic carboxylic acids is 1. The van der Waals surface area contributed by atoms with Crippen LogP contribution in [0, 0.1) is 0 Å². The van der Waals surface area contributed by atoms with Gasteiger partial charge in [-0.1, -0.05) is 103 Å². The van der Waals surface area contributed by atoms with Gasteiger partial charge in [0.2, 0.25) is 5.91 Å². The molecule has 0 aliphatic rings. The first-order chi connectivity index (χ1) is 29.1. The van der Waals surface area contributed by atoms with Gasteiger partial charge in [0.1, 0.15) is 43.4 Å². The molecule has 0 unspecified atom stereocenters. The fourth-order valence-corrected chi connectivity index (χ4v) is 6.87. The maximum absolute atomic E-state index is 14.2. The van der Waals surface area contributed by atoms with Crippen LogP contribution in [0.15, 0.2) is 127 Å². The lowest BCUT2D eigenvalue weighted by molar-refractivity contribution is -0.156. The number of carboxylic acids is 1. The second kappa shape index (κ2) is 22.9. The molecule has 5 rings (SSSR count). The molecule has 0 fully saturated rings. The smallest absolute Gasteiger partial charge is 0.329 e. The van der Waals surface area contributed by atoms with Crippen molar-refractivity contribution in [2.45, 2.75) is 63.3 Å². The van der Waals surface area contributed by atoms with Crippen LogP contribution in [0.5, 0.6) is 11.5 Å². The minimum Gasteiger partial charge on any atom is -0.489 e. The summed E-state index contributed by atoms with van der Waals surface area (Å²) in [5, 5.41) is 29.4. The van der Waals surface area contributed by atoms with Crippen LogP contribution in [0.3, 0.4) is 0 Å². The van der Waals surface area contributed by atoms with E-state index in [1.54, 1.807) is 28.2 Å². The molecule has 0 saturated carbocycles. The molecule has 0 aliphatic carbocycles. The van der Waals surface area contributed by atoms with Crippen LogP contribution in [-0.4, -0.2) is 91.9 Å². The predicted octanol–water partition coefficient (Wildman–Crippen LogP) is 5.40. The molecule has 0 saturated heterocycles. The normalized spacial score (nSPS) is 13.1. The quantitative estimate of drug-likeness (QED) is 0.0538. The molecule has 1 amide bonds. The van der Waals surface area contributed by atoms with Crippen LogP contribution in [0.1, 0.15) is 34.2 Å². The summed E-state index contributed by atoms with van der Waals surface area (Å²) < 4.78 is 18.6. The molecule has 0 spiro atoms. The monoisotopic (exact) mass is 816 g/mol. The highest BCUT2D eigenvalue weighted by Crippen LogP contribution is 2.33. The number of nitrogens with one attached hydrogen (secondary N) is 3. The molecular formula is C48H56N4O8. The van der Waals surface area contributed by atoms with Gasteiger partial charge in [0, 0.05) is 26.4 Å². The Morgan fingerprint density at radius 2 is 1.10 bits per heavy atom. The number of esters is 1. The van der Waals surface area contributed by atoms with Crippen LogP contribution >= 0.6 is 0 Å². The molecule has 5 aromatic carbocycles. The molecule has 12 heteroatoms. The van der Waals surface area contributed by atoms with Gasteiger partial charge in [-0.05, 0) is 90.8 Å². The Kier molecular flexibility index (Phi) is 17.2. The van der Waals surface area contributed by atoms with Crippen LogP contribution in [-0.2, 0) is 51.8 Å². The minimum absolute atomic E-state index is 0.0113. The van der Waals surface area contributed by atoms with Crippen LogP contribution in [0.25, 0.3) is 11.1 Å². The third-order valence-electron chi connectivity index (χ3n) is 10.3. The van der Waals surface area contributed by atoms with Gasteiger partial charge in [-0.25, -0.2) is 4.79 Å². The van der Waals surface area contributed by atoms with Crippen molar-refractivity contribution in [2.24, 2.45) is 0 Å². The summed E-state index contributed by atoms with van der Waals surface area (Å²) in [7, 11) is 6.55. The zero-order chi connectivity index (χ0) is 42.9. The molecule has 5 aromatic rings. The number of carbonyl (C=O) groups is 3. The SMILES string of the molecule is CNC[C@H](O)C[C@H](NC)C(=O)N(C)[C@@H](Cc1cc(-c2ccc(OCc3ccccc3)c(C[C@H](NC)C(=O)O)c2)ccc1OCc1ccccc1)C(=O)OCc1ccccc1. The molecule has 0 radical (unpaired) electrons. The van der Waals surface area contributed by atoms with E-state index < -0.39 is 36.2 Å². The summed E-state index contributed by atoms with van der Waals surface area (Å²) in [5.74, 6) is -0.894. The Labute approximate surface area is 352 Å². The zero-order valence-corrected chi connectivity index (χ0v) is 34.7. The number of hydrogen-bond donors (Lipinski definition) is 5. The number of ether oxygens (including phenoxy) is 3. The first-order valence-electron chi connectivity index (χ1n) is 20.1. The predicted molar refractivity (Wildman–Crippen MR) is 232 cm³/mol. The van der Waals surface area contributed by atoms with E-state index in [0.717, 1.165) is 27.8 Å². The maximum Gasteiger partial charge on any atom is 0.329 e. The zero-order valence-electron chi connectivity index (χ0n) is 34.7. The number of carboxylic acid groups (broad SMARTS) is 1. The van der Waals surface area contributed by atoms with Crippen molar-refractivity contribution in [1.29, 1.82) is 0 Å². The van der Waals surface area contributed by atoms with Crippen molar-refractivity contribution in [3.05, 3.63) is 155 Å². The average Bonchev–Trinajstić information content (AvgIpc) is 3.27. The Bertz CT molecular complexity index is 2120. The molecule has 0 bridgehead atoms. The number of aliphatic hydroxyl groups is 1. The van der Waals surface area contributed by atoms with Crippen molar-refractivity contribution < 1.29 is 38.8 Å². The molecule has 5 N–H and O–H groups in total. The average molecular weight is 817 g/mol. The van der Waals surface area contributed by atoms with E-state index in [1.165, 1.54) is 4.90 Å². The lowest BCUT2D eigenvalue weighted by atomic mass is 9.95. The van der Waals surface area contributed by atoms with E-state index in [9.17, 15) is 24.6 Å². The standard InChI is InChI=1S/C48H56N4O8/c1-49-29-40(53)28-41(50-2)46(54)52(4)43(48(57)60-32-35-18-12-7-13-19-35)27-39-25-37(21-23-45(39)59-31-34-16-10-6-11-17-34)36-20-22-44(58-30-33-14-8-5-9-15-33)38(24-36)26-42(51-3)47(55)56/h5-25,40-43,49-51,53H,26-32H2,1-4H3,(H,55,56)/t40-,41+,42+,43+/m1/s1. The Morgan fingerprint density at radius 1 is 0.633 bits per heavy atom. The number of aliphatic hydroxyl groups excluding tert-OH is 1. The summed E-state index contributed by atoms with van der Waals surface area (Å²) >= 11 is 0. The molecule has 12 nitrogen and oxygen atoms in total. The van der Waals surface area contributed by atoms with Crippen molar-refractivity contribution in [3.63, 3.8) is 0 Å². The van der Waals surface area contributed by atoms with E-state index in [0.29, 0.717) is 35.8 Å². The van der Waals surface area contributed by atoms with Crippen molar-refractivity contribution in [1.82, 2.24) is 20.9 Å². The number of hydrogen-bond acceptors (Lipinski definition) is 10. The largest absolute Gasteiger partial charge is 0.489 e. The number of carbonyl (C=O) groups excluding carboxylic acids is 2. The first kappa shape index (κ1) is 45.0. The fraction of sp³-hybridized carbons (Fsp3) is 0.312. The van der Waals surface area contributed by atoms with E-state index in [4.69, 9.17) is 14.2 Å². The van der Waals surface area contributed by atoms with E-state index in [2.05, 4.69) is 16.0 Å². The van der Waals surface area contributed by atoms with Gasteiger partial charge in [0.25, 0.3) is 0 Å². The summed E-state index contributed by atoms with van der Waals surface area (Å²) in [4.78, 5) is 41.8. The number of nitrogens with zero attached hydrogens (tertiary/aromatic N) is 1. The summed E-state index contributed by atoms with van der Waals surface area (Å²) in [6.07, 6.45) is -0.485. The summed E-state index contributed by atoms with van der Waals surface area (Å²) in [6.45, 7) is 0.866. The van der Waals surface area contributed by atoms with Gasteiger partial charge in [0.15, 0.2) is 0 Å². The van der Waals surface area contributed by atoms with Crippen LogP contribution < -0.4 is 25.4 Å². The highest BCUT2D eigenvalue weighted by atomic mass is 16.5. The number of likely N-dealkylation sites (N-methyl/N-ethyl adjacent to an activating group) is 4. The molecule has 60 heavy (non-hydrogen) atoms. The first-order valence-corrected chi connectivity index (χ1v) is 20.1. The van der Waals surface area contributed by atoms with Crippen molar-refractivity contribution in [2.75, 3.05) is 34.7 Å². The highest BCUT2D eigenvalue weighted by Gasteiger charge is 2.34. The molecule has 0 aliphatic heterocycles. The van der Waals surface area contributed by atoms with E-state index in [1.807, 2.05) is 127 Å². The van der Waals surface area contributed by atoms with Crippen molar-refractivity contribution >= 4 is 17.8 Å². The lowest BCUT2D eigenvalue weighted by Crippen LogP contribution is -2.52. The van der Waals surface area contributed by atoms with Gasteiger partial charge in [-0.2, -0.15) is 0 Å². The second-order valence-corrected chi connectivity index (χ2v) is 14.6. The number of amides is 1. The van der Waals surface area contributed by atoms with Gasteiger partial charge in [-0.15, -0.1) is 0 Å². The Hall–Kier alpha value is -6.05. The second-order valence-electron chi connectivity index (χ2n) is 14.6. The van der Waals surface area contributed by atoms with Gasteiger partial charge >= 0.3 is 11.9 Å². The summed E-state index contributed by atoms with van der Waals surface area (Å²) in [6, 6.07) is 37.4. The lowest BCUT2D eigenvalue weighted by Gasteiger charge is -2.31. The van der Waals surface area contributed by atoms with Gasteiger partial charge < -0.3 is 45.3 Å². The number of benzene rings is 5. The number of rotatable bonds is 23. The van der Waals surface area contributed by atoms with Crippen molar-refractivity contribution in [3.8, 4) is 22.6 Å². The fourth-order valence-electron chi connectivity index (χ4n) is 6.87.